The molecule has 3 fully saturated rings. The van der Waals surface area contributed by atoms with Crippen molar-refractivity contribution in [3.8, 4) is 0 Å². The highest BCUT2D eigenvalue weighted by Gasteiger charge is 2.58. The molecule has 0 radical (unpaired) electrons. The van der Waals surface area contributed by atoms with Crippen LogP contribution in [-0.4, -0.2) is 30.9 Å². The van der Waals surface area contributed by atoms with Crippen LogP contribution in [0.25, 0.3) is 0 Å². The molecule has 1 heterocycles. The summed E-state index contributed by atoms with van der Waals surface area (Å²) in [6.07, 6.45) is 7.19. The van der Waals surface area contributed by atoms with Crippen LogP contribution < -0.4 is 5.32 Å². The molecule has 176 valence electrons. The minimum Gasteiger partial charge on any atom is -0.355 e. The largest absolute Gasteiger partial charge is 0.355 e. The smallest absolute Gasteiger partial charge is 0.226 e. The van der Waals surface area contributed by atoms with Gasteiger partial charge in [-0.2, -0.15) is 0 Å². The maximum atomic E-state index is 13.1. The van der Waals surface area contributed by atoms with Crippen molar-refractivity contribution in [3.63, 3.8) is 0 Å². The fourth-order valence-corrected chi connectivity index (χ4v) is 5.81. The lowest BCUT2D eigenvalue weighted by Crippen LogP contribution is -2.47. The molecule has 7 atom stereocenters. The van der Waals surface area contributed by atoms with Crippen molar-refractivity contribution in [1.82, 2.24) is 5.32 Å². The Morgan fingerprint density at radius 3 is 2.17 bits per heavy atom. The highest BCUT2D eigenvalue weighted by Crippen LogP contribution is 2.54. The second kappa shape index (κ2) is 10.3. The molecule has 1 amide bonds. The summed E-state index contributed by atoms with van der Waals surface area (Å²) in [6.45, 7) is 20.4. The molecule has 30 heavy (non-hydrogen) atoms. The second-order valence-electron chi connectivity index (χ2n) is 11.8. The highest BCUT2D eigenvalue weighted by molar-refractivity contribution is 5.82. The predicted molar refractivity (Wildman–Crippen MR) is 124 cm³/mol. The molecular formula is C26H49NO3. The van der Waals surface area contributed by atoms with Gasteiger partial charge in [-0.3, -0.25) is 4.79 Å². The van der Waals surface area contributed by atoms with Gasteiger partial charge in [0.1, 0.15) is 0 Å². The van der Waals surface area contributed by atoms with Gasteiger partial charge in [0.25, 0.3) is 0 Å². The lowest BCUT2D eigenvalue weighted by Gasteiger charge is -2.38. The molecule has 0 aromatic rings. The Hall–Kier alpha value is -0.610. The van der Waals surface area contributed by atoms with Gasteiger partial charge in [0.05, 0.1) is 12.2 Å². The molecule has 3 rings (SSSR count). The summed E-state index contributed by atoms with van der Waals surface area (Å²) < 4.78 is 12.4. The van der Waals surface area contributed by atoms with Crippen molar-refractivity contribution in [3.05, 3.63) is 0 Å². The van der Waals surface area contributed by atoms with E-state index in [9.17, 15) is 4.79 Å². The van der Waals surface area contributed by atoms with E-state index in [0.717, 1.165) is 25.8 Å². The molecule has 1 saturated heterocycles. The minimum absolute atomic E-state index is 0.000316. The normalized spacial score (nSPS) is 34.3. The van der Waals surface area contributed by atoms with Crippen molar-refractivity contribution >= 4 is 5.91 Å². The number of fused-ring (bicyclic) bond motifs is 5. The Balaban J connectivity index is 0.00000101. The van der Waals surface area contributed by atoms with E-state index in [1.54, 1.807) is 0 Å². The number of hydrogen-bond donors (Lipinski definition) is 1. The van der Waals surface area contributed by atoms with E-state index >= 15 is 0 Å². The van der Waals surface area contributed by atoms with Gasteiger partial charge >= 0.3 is 0 Å². The summed E-state index contributed by atoms with van der Waals surface area (Å²) in [5.74, 6) is 2.25. The van der Waals surface area contributed by atoms with Gasteiger partial charge in [0.2, 0.25) is 5.91 Å². The van der Waals surface area contributed by atoms with Crippen molar-refractivity contribution in [1.29, 1.82) is 0 Å². The summed E-state index contributed by atoms with van der Waals surface area (Å²) in [4.78, 5) is 13.1. The number of carbonyl (C=O) groups excluding carboxylic acids is 1. The average molecular weight is 424 g/mol. The van der Waals surface area contributed by atoms with Crippen molar-refractivity contribution < 1.29 is 14.3 Å². The molecule has 4 heteroatoms. The number of nitrogens with one attached hydrogen (secondary N) is 1. The zero-order chi connectivity index (χ0) is 22.7. The molecule has 7 unspecified atom stereocenters. The van der Waals surface area contributed by atoms with Crippen LogP contribution in [0.5, 0.6) is 0 Å². The van der Waals surface area contributed by atoms with Crippen LogP contribution in [0.15, 0.2) is 0 Å². The molecule has 0 aromatic heterocycles. The first-order chi connectivity index (χ1) is 14.0. The Morgan fingerprint density at radius 2 is 1.63 bits per heavy atom. The first-order valence-corrected chi connectivity index (χ1v) is 12.6. The van der Waals surface area contributed by atoms with Gasteiger partial charge in [-0.1, -0.05) is 75.2 Å². The maximum absolute atomic E-state index is 13.1. The summed E-state index contributed by atoms with van der Waals surface area (Å²) >= 11 is 0. The quantitative estimate of drug-likeness (QED) is 0.531. The summed E-state index contributed by atoms with van der Waals surface area (Å²) in [5.41, 5.74) is -0.184. The molecule has 0 aromatic carbocycles. The number of hydrogen-bond acceptors (Lipinski definition) is 3. The third-order valence-electron chi connectivity index (χ3n) is 7.35. The van der Waals surface area contributed by atoms with Gasteiger partial charge in [0, 0.05) is 12.0 Å². The molecular weight excluding hydrogens is 374 g/mol. The van der Waals surface area contributed by atoms with E-state index in [2.05, 4.69) is 67.6 Å². The number of carbonyl (C=O) groups is 1. The Labute approximate surface area is 186 Å². The summed E-state index contributed by atoms with van der Waals surface area (Å²) in [7, 11) is 0. The van der Waals surface area contributed by atoms with Crippen LogP contribution in [0.3, 0.4) is 0 Å². The van der Waals surface area contributed by atoms with Gasteiger partial charge < -0.3 is 14.8 Å². The van der Waals surface area contributed by atoms with E-state index in [0.29, 0.717) is 29.8 Å². The average Bonchev–Trinajstić information content (AvgIpc) is 3.30. The van der Waals surface area contributed by atoms with Crippen LogP contribution in [-0.2, 0) is 14.3 Å². The second-order valence-corrected chi connectivity index (χ2v) is 11.8. The Bertz CT molecular complexity index is 555. The minimum atomic E-state index is -0.322. The van der Waals surface area contributed by atoms with Crippen LogP contribution in [0.2, 0.25) is 0 Å². The summed E-state index contributed by atoms with van der Waals surface area (Å²) in [5, 5.41) is 3.33. The zero-order valence-corrected chi connectivity index (χ0v) is 21.2. The SMILES string of the molecule is CCC.CCCC1OC2C3CC(CNC(=O)C(C)(CC(C)(C)C)C(C)C)C(C3)C2O1. The highest BCUT2D eigenvalue weighted by atomic mass is 16.7. The van der Waals surface area contributed by atoms with E-state index in [1.807, 2.05) is 0 Å². The molecule has 2 saturated carbocycles. The predicted octanol–water partition coefficient (Wildman–Crippen LogP) is 6.18. The lowest BCUT2D eigenvalue weighted by atomic mass is 9.68. The van der Waals surface area contributed by atoms with E-state index in [-0.39, 0.29) is 29.1 Å². The van der Waals surface area contributed by atoms with Gasteiger partial charge in [-0.25, -0.2) is 0 Å². The standard InChI is InChI=1S/C23H41NO3.C3H8/c1-8-9-18-26-19-15-10-16(17(11-15)20(19)27-18)12-24-21(25)23(7,14(2)3)13-22(4,5)6;1-3-2/h14-20H,8-13H2,1-7H3,(H,24,25);3H2,1-2H3. The van der Waals surface area contributed by atoms with Gasteiger partial charge in [0.15, 0.2) is 6.29 Å². The number of ether oxygens (including phenoxy) is 2. The Morgan fingerprint density at radius 1 is 1.03 bits per heavy atom. The first-order valence-electron chi connectivity index (χ1n) is 12.6. The first kappa shape index (κ1) is 25.6. The van der Waals surface area contributed by atoms with E-state index in [4.69, 9.17) is 9.47 Å². The van der Waals surface area contributed by atoms with Gasteiger partial charge in [-0.15, -0.1) is 0 Å². The monoisotopic (exact) mass is 423 g/mol. The molecule has 1 N–H and O–H groups in total. The van der Waals surface area contributed by atoms with Gasteiger partial charge in [-0.05, 0) is 54.8 Å². The van der Waals surface area contributed by atoms with Crippen molar-refractivity contribution in [2.45, 2.75) is 119 Å². The van der Waals surface area contributed by atoms with Crippen LogP contribution in [0, 0.1) is 34.5 Å². The fraction of sp³-hybridized carbons (Fsp3) is 0.962. The Kier molecular flexibility index (Phi) is 8.84. The molecule has 4 nitrogen and oxygen atoms in total. The molecule has 3 aliphatic rings. The van der Waals surface area contributed by atoms with Crippen LogP contribution in [0.1, 0.15) is 101 Å². The molecule has 2 aliphatic carbocycles. The maximum Gasteiger partial charge on any atom is 0.226 e. The molecule has 1 aliphatic heterocycles. The van der Waals surface area contributed by atoms with Crippen LogP contribution in [0.4, 0.5) is 0 Å². The van der Waals surface area contributed by atoms with Crippen molar-refractivity contribution in [2.75, 3.05) is 6.54 Å². The van der Waals surface area contributed by atoms with E-state index < -0.39 is 0 Å². The topological polar surface area (TPSA) is 47.6 Å². The van der Waals surface area contributed by atoms with Crippen molar-refractivity contribution in [2.24, 2.45) is 34.5 Å². The molecule has 0 spiro atoms. The molecule has 2 bridgehead atoms. The lowest BCUT2D eigenvalue weighted by molar-refractivity contribution is -0.135. The third kappa shape index (κ3) is 5.79. The van der Waals surface area contributed by atoms with E-state index in [1.165, 1.54) is 19.3 Å². The zero-order valence-electron chi connectivity index (χ0n) is 21.2. The van der Waals surface area contributed by atoms with Crippen LogP contribution >= 0.6 is 0 Å². The number of amides is 1. The third-order valence-corrected chi connectivity index (χ3v) is 7.35. The number of rotatable bonds is 7. The fourth-order valence-electron chi connectivity index (χ4n) is 5.81. The summed E-state index contributed by atoms with van der Waals surface area (Å²) in [6, 6.07) is 0.